The predicted molar refractivity (Wildman–Crippen MR) is 76.6 cm³/mol. The summed E-state index contributed by atoms with van der Waals surface area (Å²) >= 11 is 0. The normalized spacial score (nSPS) is 13.0. The molecule has 1 aliphatic carbocycles. The van der Waals surface area contributed by atoms with Gasteiger partial charge in [0.2, 0.25) is 0 Å². The van der Waals surface area contributed by atoms with Gasteiger partial charge >= 0.3 is 0 Å². The topological polar surface area (TPSA) is 70.1 Å². The molecule has 0 saturated heterocycles. The highest BCUT2D eigenvalue weighted by molar-refractivity contribution is 5.95. The largest absolute Gasteiger partial charge is 0.335 e. The first-order chi connectivity index (χ1) is 10.2. The molecule has 0 unspecified atom stereocenters. The van der Waals surface area contributed by atoms with Crippen molar-refractivity contribution in [1.82, 2.24) is 4.90 Å². The molecule has 0 heterocycles. The maximum atomic E-state index is 14.1. The minimum Gasteiger partial charge on any atom is -0.335 e. The Morgan fingerprint density at radius 2 is 2.24 bits per heavy atom. The second kappa shape index (κ2) is 6.88. The summed E-state index contributed by atoms with van der Waals surface area (Å²) in [7, 11) is 0. The van der Waals surface area contributed by atoms with Gasteiger partial charge in [0.25, 0.3) is 5.91 Å². The second-order valence-corrected chi connectivity index (χ2v) is 4.84. The van der Waals surface area contributed by atoms with Crippen LogP contribution in [0.2, 0.25) is 0 Å². The van der Waals surface area contributed by atoms with Crippen molar-refractivity contribution in [2.45, 2.75) is 25.3 Å². The van der Waals surface area contributed by atoms with Gasteiger partial charge in [-0.3, -0.25) is 4.79 Å². The molecule has 1 fully saturated rings. The molecule has 0 aliphatic heterocycles. The molecule has 108 valence electrons. The van der Waals surface area contributed by atoms with Gasteiger partial charge < -0.3 is 10.6 Å². The summed E-state index contributed by atoms with van der Waals surface area (Å²) in [4.78, 5) is 14.0. The van der Waals surface area contributed by atoms with E-state index < -0.39 is 5.82 Å². The van der Waals surface area contributed by atoms with Crippen LogP contribution in [0.4, 0.5) is 4.39 Å². The van der Waals surface area contributed by atoms with E-state index in [0.717, 1.165) is 12.8 Å². The molecule has 1 saturated carbocycles. The molecule has 0 radical (unpaired) electrons. The van der Waals surface area contributed by atoms with Gasteiger partial charge in [-0.2, -0.15) is 5.26 Å². The fourth-order valence-corrected chi connectivity index (χ4v) is 2.08. The quantitative estimate of drug-likeness (QED) is 0.855. The van der Waals surface area contributed by atoms with Crippen LogP contribution in [0.1, 0.15) is 35.2 Å². The van der Waals surface area contributed by atoms with E-state index in [1.807, 2.05) is 6.07 Å². The first-order valence-electron chi connectivity index (χ1n) is 6.83. The van der Waals surface area contributed by atoms with Crippen molar-refractivity contribution in [2.24, 2.45) is 5.73 Å². The number of hydrogen-bond acceptors (Lipinski definition) is 3. The Balaban J connectivity index is 2.19. The molecule has 2 rings (SSSR count). The second-order valence-electron chi connectivity index (χ2n) is 4.84. The van der Waals surface area contributed by atoms with E-state index in [-0.39, 0.29) is 30.5 Å². The van der Waals surface area contributed by atoms with Crippen LogP contribution in [-0.2, 0) is 0 Å². The lowest BCUT2D eigenvalue weighted by Crippen LogP contribution is -2.34. The summed E-state index contributed by atoms with van der Waals surface area (Å²) in [6.07, 6.45) is 2.08. The minimum atomic E-state index is -0.591. The monoisotopic (exact) mass is 285 g/mol. The maximum Gasteiger partial charge on any atom is 0.257 e. The van der Waals surface area contributed by atoms with Crippen molar-refractivity contribution < 1.29 is 9.18 Å². The fourth-order valence-electron chi connectivity index (χ4n) is 2.08. The predicted octanol–water partition coefficient (Wildman–Crippen LogP) is 1.65. The van der Waals surface area contributed by atoms with Crippen LogP contribution in [0, 0.1) is 29.0 Å². The summed E-state index contributed by atoms with van der Waals surface area (Å²) in [5.74, 6) is 4.42. The summed E-state index contributed by atoms with van der Waals surface area (Å²) < 4.78 is 14.1. The van der Waals surface area contributed by atoms with Gasteiger partial charge in [-0.05, 0) is 31.0 Å². The zero-order chi connectivity index (χ0) is 15.2. The van der Waals surface area contributed by atoms with Crippen molar-refractivity contribution >= 4 is 5.91 Å². The van der Waals surface area contributed by atoms with Crippen LogP contribution in [0.3, 0.4) is 0 Å². The van der Waals surface area contributed by atoms with E-state index >= 15 is 0 Å². The van der Waals surface area contributed by atoms with Gasteiger partial charge in [0.15, 0.2) is 0 Å². The van der Waals surface area contributed by atoms with Crippen LogP contribution in [0.15, 0.2) is 18.2 Å². The van der Waals surface area contributed by atoms with E-state index in [2.05, 4.69) is 11.8 Å². The Bertz CT molecular complexity index is 635. The van der Waals surface area contributed by atoms with E-state index in [4.69, 9.17) is 11.0 Å². The van der Waals surface area contributed by atoms with Crippen LogP contribution in [0.5, 0.6) is 0 Å². The Morgan fingerprint density at radius 1 is 1.48 bits per heavy atom. The van der Waals surface area contributed by atoms with E-state index in [9.17, 15) is 9.18 Å². The number of hydrogen-bond donors (Lipinski definition) is 1. The molecule has 1 amide bonds. The number of nitriles is 1. The number of rotatable bonds is 4. The number of amides is 1. The summed E-state index contributed by atoms with van der Waals surface area (Å²) in [6.45, 7) is 0.542. The van der Waals surface area contributed by atoms with Gasteiger partial charge in [0.1, 0.15) is 5.82 Å². The van der Waals surface area contributed by atoms with Crippen LogP contribution >= 0.6 is 0 Å². The highest BCUT2D eigenvalue weighted by Crippen LogP contribution is 2.29. The maximum absolute atomic E-state index is 14.1. The molecule has 21 heavy (non-hydrogen) atoms. The number of nitrogens with zero attached hydrogens (tertiary/aromatic N) is 2. The molecule has 0 aromatic heterocycles. The van der Waals surface area contributed by atoms with Crippen LogP contribution in [-0.4, -0.2) is 29.9 Å². The lowest BCUT2D eigenvalue weighted by atomic mass is 10.1. The SMILES string of the molecule is N#CCCN(C(=O)c1ccc(C#CCN)cc1F)C1CC1. The van der Waals surface area contributed by atoms with Gasteiger partial charge in [-0.15, -0.1) is 0 Å². The van der Waals surface area contributed by atoms with E-state index in [0.29, 0.717) is 12.1 Å². The third-order valence-corrected chi connectivity index (χ3v) is 3.25. The van der Waals surface area contributed by atoms with Crippen molar-refractivity contribution in [3.8, 4) is 17.9 Å². The molecule has 2 N–H and O–H groups in total. The highest BCUT2D eigenvalue weighted by Gasteiger charge is 2.33. The van der Waals surface area contributed by atoms with Crippen LogP contribution < -0.4 is 5.73 Å². The Kier molecular flexibility index (Phi) is 4.92. The third kappa shape index (κ3) is 3.81. The Morgan fingerprint density at radius 3 is 2.81 bits per heavy atom. The standard InChI is InChI=1S/C16H16FN3O/c17-15-11-12(3-1-8-18)4-7-14(15)16(21)20(10-2-9-19)13-5-6-13/h4,7,11,13H,2,5-6,8,10,18H2. The number of benzene rings is 1. The Hall–Kier alpha value is -2.37. The summed E-state index contributed by atoms with van der Waals surface area (Å²) in [5.41, 5.74) is 5.78. The van der Waals surface area contributed by atoms with Gasteiger partial charge in [-0.25, -0.2) is 4.39 Å². The lowest BCUT2D eigenvalue weighted by molar-refractivity contribution is 0.0742. The number of carbonyl (C=O) groups is 1. The van der Waals surface area contributed by atoms with Gasteiger partial charge in [0.05, 0.1) is 24.6 Å². The van der Waals surface area contributed by atoms with Gasteiger partial charge in [0, 0.05) is 18.2 Å². The number of halogens is 1. The third-order valence-electron chi connectivity index (χ3n) is 3.25. The number of nitrogens with two attached hydrogens (primary N) is 1. The highest BCUT2D eigenvalue weighted by atomic mass is 19.1. The minimum absolute atomic E-state index is 0.0261. The summed E-state index contributed by atoms with van der Waals surface area (Å²) in [6, 6.07) is 6.45. The molecular weight excluding hydrogens is 269 g/mol. The van der Waals surface area contributed by atoms with Crippen molar-refractivity contribution in [2.75, 3.05) is 13.1 Å². The average molecular weight is 285 g/mol. The Labute approximate surface area is 123 Å². The first-order valence-corrected chi connectivity index (χ1v) is 6.83. The zero-order valence-corrected chi connectivity index (χ0v) is 11.6. The molecule has 0 atom stereocenters. The van der Waals surface area contributed by atoms with E-state index in [1.54, 1.807) is 11.0 Å². The average Bonchev–Trinajstić information content (AvgIpc) is 3.30. The molecular formula is C16H16FN3O. The molecule has 0 spiro atoms. The van der Waals surface area contributed by atoms with Crippen molar-refractivity contribution in [3.63, 3.8) is 0 Å². The van der Waals surface area contributed by atoms with Crippen molar-refractivity contribution in [1.29, 1.82) is 5.26 Å². The lowest BCUT2D eigenvalue weighted by Gasteiger charge is -2.21. The molecule has 1 aromatic rings. The fraction of sp³-hybridized carbons (Fsp3) is 0.375. The molecule has 4 nitrogen and oxygen atoms in total. The molecule has 5 heteroatoms. The zero-order valence-electron chi connectivity index (χ0n) is 11.6. The first kappa shape index (κ1) is 15.0. The molecule has 1 aromatic carbocycles. The van der Waals surface area contributed by atoms with Gasteiger partial charge in [-0.1, -0.05) is 11.8 Å². The van der Waals surface area contributed by atoms with Crippen LogP contribution in [0.25, 0.3) is 0 Å². The summed E-state index contributed by atoms with van der Waals surface area (Å²) in [5, 5.41) is 8.66. The smallest absolute Gasteiger partial charge is 0.257 e. The number of carbonyl (C=O) groups excluding carboxylic acids is 1. The van der Waals surface area contributed by atoms with Crippen molar-refractivity contribution in [3.05, 3.63) is 35.1 Å². The molecule has 0 bridgehead atoms. The molecule has 1 aliphatic rings. The van der Waals surface area contributed by atoms with E-state index in [1.165, 1.54) is 12.1 Å².